The summed E-state index contributed by atoms with van der Waals surface area (Å²) in [4.78, 5) is 15.3. The van der Waals surface area contributed by atoms with E-state index in [1.54, 1.807) is 7.11 Å². The minimum Gasteiger partial charge on any atom is -0.422 e. The highest BCUT2D eigenvalue weighted by Crippen LogP contribution is 2.12. The molecule has 0 spiro atoms. The summed E-state index contributed by atoms with van der Waals surface area (Å²) in [5, 5.41) is 0. The average Bonchev–Trinajstić information content (AvgIpc) is 2.73. The predicted octanol–water partition coefficient (Wildman–Crippen LogP) is 0.231. The second kappa shape index (κ2) is 9.57. The lowest BCUT2D eigenvalue weighted by Crippen LogP contribution is -2.38. The van der Waals surface area contributed by atoms with Crippen molar-refractivity contribution >= 4 is 5.97 Å². The summed E-state index contributed by atoms with van der Waals surface area (Å²) in [6.45, 7) is 2.41. The first-order chi connectivity index (χ1) is 9.65. The zero-order valence-corrected chi connectivity index (χ0v) is 12.4. The summed E-state index contributed by atoms with van der Waals surface area (Å²) in [5.41, 5.74) is 0. The summed E-state index contributed by atoms with van der Waals surface area (Å²) in [6.07, 6.45) is 3.58. The van der Waals surface area contributed by atoms with Crippen LogP contribution in [0, 0.1) is 0 Å². The van der Waals surface area contributed by atoms with E-state index in [9.17, 15) is 4.79 Å². The molecule has 0 unspecified atom stereocenters. The van der Waals surface area contributed by atoms with Crippen LogP contribution in [0.15, 0.2) is 12.4 Å². The van der Waals surface area contributed by atoms with Crippen LogP contribution in [0.1, 0.15) is 6.42 Å². The third-order valence-electron chi connectivity index (χ3n) is 2.72. The van der Waals surface area contributed by atoms with Crippen LogP contribution in [-0.4, -0.2) is 76.4 Å². The van der Waals surface area contributed by atoms with E-state index < -0.39 is 0 Å². The number of hydrogen-bond acceptors (Lipinski definition) is 7. The molecule has 1 heterocycles. The van der Waals surface area contributed by atoms with Crippen molar-refractivity contribution in [3.05, 3.63) is 12.4 Å². The quantitative estimate of drug-likeness (QED) is 0.421. The van der Waals surface area contributed by atoms with Gasteiger partial charge in [0, 0.05) is 33.6 Å². The Balaban J connectivity index is 1.98. The number of carbonyl (C=O) groups excluding carboxylic acids is 1. The Morgan fingerprint density at radius 1 is 1.00 bits per heavy atom. The van der Waals surface area contributed by atoms with Gasteiger partial charge in [-0.2, -0.15) is 0 Å². The Hall–Kier alpha value is -1.31. The van der Waals surface area contributed by atoms with Crippen molar-refractivity contribution in [2.24, 2.45) is 0 Å². The van der Waals surface area contributed by atoms with Crippen LogP contribution in [-0.2, 0) is 23.7 Å². The molecule has 0 fully saturated rings. The van der Waals surface area contributed by atoms with Crippen molar-refractivity contribution in [1.82, 2.24) is 9.80 Å². The van der Waals surface area contributed by atoms with E-state index in [1.165, 1.54) is 0 Å². The summed E-state index contributed by atoms with van der Waals surface area (Å²) >= 11 is 0. The first-order valence-electron chi connectivity index (χ1n) is 6.61. The van der Waals surface area contributed by atoms with E-state index in [1.807, 2.05) is 36.3 Å². The van der Waals surface area contributed by atoms with Gasteiger partial charge in [-0.25, -0.2) is 0 Å². The second-order valence-electron chi connectivity index (χ2n) is 4.41. The van der Waals surface area contributed by atoms with Crippen LogP contribution in [0.4, 0.5) is 0 Å². The lowest BCUT2D eigenvalue weighted by molar-refractivity contribution is -0.166. The average molecular weight is 288 g/mol. The lowest BCUT2D eigenvalue weighted by Gasteiger charge is -2.26. The first-order valence-corrected chi connectivity index (χ1v) is 6.61. The van der Waals surface area contributed by atoms with Gasteiger partial charge in [0.15, 0.2) is 0 Å². The fourth-order valence-corrected chi connectivity index (χ4v) is 1.61. The highest BCUT2D eigenvalue weighted by Gasteiger charge is 2.24. The van der Waals surface area contributed by atoms with Gasteiger partial charge in [0.05, 0.1) is 39.5 Å². The third kappa shape index (κ3) is 6.23. The molecule has 0 aromatic rings. The van der Waals surface area contributed by atoms with E-state index in [0.29, 0.717) is 33.0 Å². The summed E-state index contributed by atoms with van der Waals surface area (Å²) in [5.74, 6) is -0.280. The first kappa shape index (κ1) is 16.7. The third-order valence-corrected chi connectivity index (χ3v) is 2.72. The molecule has 1 rings (SSSR count). The van der Waals surface area contributed by atoms with Gasteiger partial charge >= 0.3 is 5.97 Å². The van der Waals surface area contributed by atoms with Crippen molar-refractivity contribution in [2.75, 3.05) is 54.2 Å². The molecule has 0 saturated heterocycles. The van der Waals surface area contributed by atoms with Crippen molar-refractivity contribution in [3.8, 4) is 0 Å². The smallest absolute Gasteiger partial charge is 0.311 e. The molecule has 0 aromatic carbocycles. The minimum atomic E-state index is -0.361. The lowest BCUT2D eigenvalue weighted by atomic mass is 10.5. The monoisotopic (exact) mass is 288 g/mol. The number of nitrogens with zero attached hydrogens (tertiary/aromatic N) is 2. The molecule has 0 aliphatic carbocycles. The highest BCUT2D eigenvalue weighted by molar-refractivity contribution is 5.69. The van der Waals surface area contributed by atoms with Crippen LogP contribution in [0.5, 0.6) is 0 Å². The van der Waals surface area contributed by atoms with Crippen LogP contribution in [0.2, 0.25) is 0 Å². The van der Waals surface area contributed by atoms with Gasteiger partial charge in [-0.15, -0.1) is 0 Å². The van der Waals surface area contributed by atoms with Crippen molar-refractivity contribution in [2.45, 2.75) is 12.8 Å². The van der Waals surface area contributed by atoms with Gasteiger partial charge in [0.25, 0.3) is 6.35 Å². The normalized spacial score (nSPS) is 15.2. The Morgan fingerprint density at radius 2 is 1.55 bits per heavy atom. The Kier molecular flexibility index (Phi) is 8.01. The van der Waals surface area contributed by atoms with Gasteiger partial charge in [0.1, 0.15) is 0 Å². The van der Waals surface area contributed by atoms with Gasteiger partial charge in [-0.05, 0) is 0 Å². The molecule has 0 aromatic heterocycles. The van der Waals surface area contributed by atoms with E-state index in [-0.39, 0.29) is 18.7 Å². The molecule has 0 amide bonds. The van der Waals surface area contributed by atoms with Gasteiger partial charge < -0.3 is 28.7 Å². The summed E-state index contributed by atoms with van der Waals surface area (Å²) in [7, 11) is 5.33. The van der Waals surface area contributed by atoms with Crippen molar-refractivity contribution in [1.29, 1.82) is 0 Å². The fraction of sp³-hybridized carbons (Fsp3) is 0.769. The number of carbonyl (C=O) groups is 1. The summed E-state index contributed by atoms with van der Waals surface area (Å²) in [6, 6.07) is 0. The SMILES string of the molecule is COCCOCCOCCC(=O)OC1N(C)C=CN1C. The molecule has 20 heavy (non-hydrogen) atoms. The number of esters is 1. The minimum absolute atomic E-state index is 0.232. The molecule has 0 radical (unpaired) electrons. The molecule has 0 atom stereocenters. The topological polar surface area (TPSA) is 60.5 Å². The Labute approximate surface area is 120 Å². The molecule has 1 aliphatic heterocycles. The molecule has 116 valence electrons. The maximum Gasteiger partial charge on any atom is 0.311 e. The van der Waals surface area contributed by atoms with Crippen LogP contribution in [0.25, 0.3) is 0 Å². The zero-order chi connectivity index (χ0) is 14.8. The second-order valence-corrected chi connectivity index (χ2v) is 4.41. The number of rotatable bonds is 10. The van der Waals surface area contributed by atoms with Crippen molar-refractivity contribution < 1.29 is 23.7 Å². The molecule has 0 bridgehead atoms. The molecule has 7 nitrogen and oxygen atoms in total. The molecular formula is C13H24N2O5. The highest BCUT2D eigenvalue weighted by atomic mass is 16.6. The van der Waals surface area contributed by atoms with Gasteiger partial charge in [-0.1, -0.05) is 0 Å². The van der Waals surface area contributed by atoms with Gasteiger partial charge in [-0.3, -0.25) is 4.79 Å². The number of methoxy groups -OCH3 is 1. The molecule has 1 aliphatic rings. The van der Waals surface area contributed by atoms with E-state index in [0.717, 1.165) is 0 Å². The maximum atomic E-state index is 11.6. The Morgan fingerprint density at radius 3 is 2.15 bits per heavy atom. The number of ether oxygens (including phenoxy) is 4. The van der Waals surface area contributed by atoms with E-state index in [4.69, 9.17) is 18.9 Å². The maximum absolute atomic E-state index is 11.6. The molecule has 0 saturated carbocycles. The fourth-order valence-electron chi connectivity index (χ4n) is 1.61. The van der Waals surface area contributed by atoms with Crippen LogP contribution in [0.3, 0.4) is 0 Å². The van der Waals surface area contributed by atoms with E-state index in [2.05, 4.69) is 0 Å². The van der Waals surface area contributed by atoms with Crippen LogP contribution < -0.4 is 0 Å². The van der Waals surface area contributed by atoms with Crippen LogP contribution >= 0.6 is 0 Å². The zero-order valence-electron chi connectivity index (χ0n) is 12.4. The molecule has 7 heteroatoms. The van der Waals surface area contributed by atoms with Gasteiger partial charge in [0.2, 0.25) is 0 Å². The Bertz CT molecular complexity index is 299. The standard InChI is InChI=1S/C13H24N2O5/c1-14-5-6-15(2)13(14)20-12(16)4-7-18-10-11-19-9-8-17-3/h5-6,13H,4,7-11H2,1-3H3. The predicted molar refractivity (Wildman–Crippen MR) is 72.7 cm³/mol. The van der Waals surface area contributed by atoms with Crippen molar-refractivity contribution in [3.63, 3.8) is 0 Å². The number of hydrogen-bond donors (Lipinski definition) is 0. The molecular weight excluding hydrogens is 264 g/mol. The van der Waals surface area contributed by atoms with E-state index >= 15 is 0 Å². The largest absolute Gasteiger partial charge is 0.422 e. The summed E-state index contributed by atoms with van der Waals surface area (Å²) < 4.78 is 20.7. The molecule has 0 N–H and O–H groups in total.